The summed E-state index contributed by atoms with van der Waals surface area (Å²) in [6, 6.07) is 11.2. The molecule has 0 aliphatic carbocycles. The number of anilines is 2. The van der Waals surface area contributed by atoms with Crippen LogP contribution in [0.25, 0.3) is 0 Å². The van der Waals surface area contributed by atoms with Crippen molar-refractivity contribution >= 4 is 29.2 Å². The van der Waals surface area contributed by atoms with E-state index in [1.807, 2.05) is 18.7 Å². The largest absolute Gasteiger partial charge is 0.478 e. The molecule has 25 heavy (non-hydrogen) atoms. The maximum absolute atomic E-state index is 12.6. The monoisotopic (exact) mass is 338 g/mol. The molecule has 0 aromatic heterocycles. The minimum Gasteiger partial charge on any atom is -0.478 e. The summed E-state index contributed by atoms with van der Waals surface area (Å²) in [5.74, 6) is -1.97. The first-order valence-corrected chi connectivity index (χ1v) is 8.09. The summed E-state index contributed by atoms with van der Waals surface area (Å²) in [7, 11) is 0. The van der Waals surface area contributed by atoms with Crippen LogP contribution in [0.3, 0.4) is 0 Å². The van der Waals surface area contributed by atoms with Gasteiger partial charge in [0.05, 0.1) is 28.1 Å². The van der Waals surface area contributed by atoms with E-state index in [0.29, 0.717) is 29.9 Å². The molecule has 2 aromatic carbocycles. The lowest BCUT2D eigenvalue weighted by atomic mass is 10.1. The molecule has 1 aliphatic rings. The summed E-state index contributed by atoms with van der Waals surface area (Å²) in [6.07, 6.45) is 0. The Bertz CT molecular complexity index is 836. The van der Waals surface area contributed by atoms with Crippen molar-refractivity contribution in [3.05, 3.63) is 59.2 Å². The normalized spacial score (nSPS) is 13.1. The molecule has 0 radical (unpaired) electrons. The zero-order valence-electron chi connectivity index (χ0n) is 14.0. The number of fused-ring (bicyclic) bond motifs is 1. The quantitative estimate of drug-likeness (QED) is 0.848. The highest BCUT2D eigenvalue weighted by atomic mass is 16.4. The average Bonchev–Trinajstić information content (AvgIpc) is 2.87. The predicted molar refractivity (Wildman–Crippen MR) is 94.5 cm³/mol. The van der Waals surface area contributed by atoms with Crippen LogP contribution in [0.1, 0.15) is 44.9 Å². The van der Waals surface area contributed by atoms with Crippen LogP contribution in [-0.2, 0) is 0 Å². The summed E-state index contributed by atoms with van der Waals surface area (Å²) in [5.41, 5.74) is 1.56. The van der Waals surface area contributed by atoms with E-state index in [0.717, 1.165) is 4.90 Å². The molecule has 0 fully saturated rings. The third-order valence-electron chi connectivity index (χ3n) is 4.37. The van der Waals surface area contributed by atoms with Gasteiger partial charge in [-0.1, -0.05) is 12.1 Å². The van der Waals surface area contributed by atoms with Crippen molar-refractivity contribution in [1.29, 1.82) is 0 Å². The number of carbonyl (C=O) groups is 3. The fourth-order valence-corrected chi connectivity index (χ4v) is 3.10. The van der Waals surface area contributed by atoms with Crippen LogP contribution in [-0.4, -0.2) is 36.0 Å². The van der Waals surface area contributed by atoms with E-state index in [9.17, 15) is 19.5 Å². The molecule has 0 bridgehead atoms. The van der Waals surface area contributed by atoms with Crippen LogP contribution in [0.4, 0.5) is 11.4 Å². The summed E-state index contributed by atoms with van der Waals surface area (Å²) in [6.45, 7) is 5.19. The molecule has 0 atom stereocenters. The van der Waals surface area contributed by atoms with Crippen molar-refractivity contribution in [3.8, 4) is 0 Å². The van der Waals surface area contributed by atoms with Crippen molar-refractivity contribution in [1.82, 2.24) is 0 Å². The number of imide groups is 1. The third kappa shape index (κ3) is 2.65. The van der Waals surface area contributed by atoms with E-state index < -0.39 is 17.8 Å². The number of nitrogens with zero attached hydrogens (tertiary/aromatic N) is 2. The number of aromatic carboxylic acids is 1. The molecular weight excluding hydrogens is 320 g/mol. The molecule has 128 valence electrons. The molecule has 2 amide bonds. The molecule has 1 heterocycles. The van der Waals surface area contributed by atoms with Gasteiger partial charge in [0.15, 0.2) is 0 Å². The molecular formula is C19H18N2O4. The molecule has 3 rings (SSSR count). The first kappa shape index (κ1) is 16.7. The van der Waals surface area contributed by atoms with E-state index >= 15 is 0 Å². The van der Waals surface area contributed by atoms with Crippen molar-refractivity contribution in [2.75, 3.05) is 22.9 Å². The lowest BCUT2D eigenvalue weighted by molar-refractivity contribution is 0.0696. The smallest absolute Gasteiger partial charge is 0.337 e. The highest BCUT2D eigenvalue weighted by molar-refractivity contribution is 6.34. The van der Waals surface area contributed by atoms with Gasteiger partial charge in [-0.3, -0.25) is 9.59 Å². The summed E-state index contributed by atoms with van der Waals surface area (Å²) < 4.78 is 0. The molecule has 0 saturated heterocycles. The van der Waals surface area contributed by atoms with E-state index in [1.54, 1.807) is 36.4 Å². The summed E-state index contributed by atoms with van der Waals surface area (Å²) in [4.78, 5) is 39.8. The third-order valence-corrected chi connectivity index (χ3v) is 4.37. The van der Waals surface area contributed by atoms with Crippen LogP contribution in [0.2, 0.25) is 0 Å². The van der Waals surface area contributed by atoms with E-state index in [-0.39, 0.29) is 11.3 Å². The lowest BCUT2D eigenvalue weighted by Gasteiger charge is -2.24. The molecule has 1 aliphatic heterocycles. The standard InChI is InChI=1S/C19H18N2O4/c1-3-20(4-2)16-10-9-12(11-15(16)19(24)25)21-17(22)13-7-5-6-8-14(13)18(21)23/h5-11H,3-4H2,1-2H3,(H,24,25). The van der Waals surface area contributed by atoms with Crippen molar-refractivity contribution in [2.45, 2.75) is 13.8 Å². The second-order valence-corrected chi connectivity index (χ2v) is 5.67. The number of carboxylic acid groups (broad SMARTS) is 1. The molecule has 0 saturated carbocycles. The van der Waals surface area contributed by atoms with Crippen LogP contribution >= 0.6 is 0 Å². The van der Waals surface area contributed by atoms with Crippen LogP contribution in [0.5, 0.6) is 0 Å². The Balaban J connectivity index is 2.08. The molecule has 2 aromatic rings. The molecule has 6 nitrogen and oxygen atoms in total. The number of carbonyl (C=O) groups excluding carboxylic acids is 2. The van der Waals surface area contributed by atoms with E-state index in [1.165, 1.54) is 6.07 Å². The fourth-order valence-electron chi connectivity index (χ4n) is 3.10. The minimum atomic E-state index is -1.10. The Morgan fingerprint density at radius 1 is 1.00 bits per heavy atom. The minimum absolute atomic E-state index is 0.0674. The van der Waals surface area contributed by atoms with Gasteiger partial charge in [-0.05, 0) is 44.2 Å². The number of amides is 2. The summed E-state index contributed by atoms with van der Waals surface area (Å²) in [5, 5.41) is 9.56. The first-order chi connectivity index (χ1) is 12.0. The van der Waals surface area contributed by atoms with Crippen molar-refractivity contribution < 1.29 is 19.5 Å². The average molecular weight is 338 g/mol. The molecule has 0 unspecified atom stereocenters. The topological polar surface area (TPSA) is 77.9 Å². The fraction of sp³-hybridized carbons (Fsp3) is 0.211. The van der Waals surface area contributed by atoms with Gasteiger partial charge in [-0.25, -0.2) is 9.69 Å². The Hall–Kier alpha value is -3.15. The Morgan fingerprint density at radius 3 is 2.04 bits per heavy atom. The van der Waals surface area contributed by atoms with Crippen molar-refractivity contribution in [3.63, 3.8) is 0 Å². The second kappa shape index (κ2) is 6.39. The van der Waals surface area contributed by atoms with Gasteiger partial charge in [-0.15, -0.1) is 0 Å². The molecule has 1 N–H and O–H groups in total. The van der Waals surface area contributed by atoms with E-state index in [4.69, 9.17) is 0 Å². The van der Waals surface area contributed by atoms with Crippen LogP contribution < -0.4 is 9.80 Å². The zero-order chi connectivity index (χ0) is 18.1. The first-order valence-electron chi connectivity index (χ1n) is 8.09. The highest BCUT2D eigenvalue weighted by Gasteiger charge is 2.36. The molecule has 0 spiro atoms. The van der Waals surface area contributed by atoms with Crippen LogP contribution in [0, 0.1) is 0 Å². The van der Waals surface area contributed by atoms with E-state index in [2.05, 4.69) is 0 Å². The number of rotatable bonds is 5. The Kier molecular flexibility index (Phi) is 4.27. The summed E-state index contributed by atoms with van der Waals surface area (Å²) >= 11 is 0. The van der Waals surface area contributed by atoms with Gasteiger partial charge in [0, 0.05) is 13.1 Å². The number of hydrogen-bond donors (Lipinski definition) is 1. The number of carboxylic acids is 1. The maximum atomic E-state index is 12.6. The van der Waals surface area contributed by atoms with Gasteiger partial charge in [0.25, 0.3) is 11.8 Å². The number of benzene rings is 2. The number of hydrogen-bond acceptors (Lipinski definition) is 4. The second-order valence-electron chi connectivity index (χ2n) is 5.67. The van der Waals surface area contributed by atoms with Gasteiger partial charge in [-0.2, -0.15) is 0 Å². The van der Waals surface area contributed by atoms with Crippen LogP contribution in [0.15, 0.2) is 42.5 Å². The van der Waals surface area contributed by atoms with Gasteiger partial charge >= 0.3 is 5.97 Å². The van der Waals surface area contributed by atoms with Crippen molar-refractivity contribution in [2.24, 2.45) is 0 Å². The lowest BCUT2D eigenvalue weighted by Crippen LogP contribution is -2.30. The SMILES string of the molecule is CCN(CC)c1ccc(N2C(=O)c3ccccc3C2=O)cc1C(=O)O. The molecule has 6 heteroatoms. The zero-order valence-corrected chi connectivity index (χ0v) is 14.0. The maximum Gasteiger partial charge on any atom is 0.337 e. The Labute approximate surface area is 145 Å². The van der Waals surface area contributed by atoms with Gasteiger partial charge in [0.2, 0.25) is 0 Å². The Morgan fingerprint density at radius 2 is 1.56 bits per heavy atom. The highest BCUT2D eigenvalue weighted by Crippen LogP contribution is 2.32. The van der Waals surface area contributed by atoms with Gasteiger partial charge in [0.1, 0.15) is 0 Å². The predicted octanol–water partition coefficient (Wildman–Crippen LogP) is 3.03. The van der Waals surface area contributed by atoms with Gasteiger partial charge < -0.3 is 10.0 Å².